The average Bonchev–Trinajstić information content (AvgIpc) is 2.38. The molecule has 4 nitrogen and oxygen atoms in total. The van der Waals surface area contributed by atoms with Gasteiger partial charge in [0.25, 0.3) is 5.60 Å². The number of benzene rings is 1. The molecule has 1 aliphatic heterocycles. The lowest BCUT2D eigenvalue weighted by Gasteiger charge is -2.34. The van der Waals surface area contributed by atoms with E-state index in [0.29, 0.717) is 18.6 Å². The molecule has 1 aromatic carbocycles. The van der Waals surface area contributed by atoms with Crippen molar-refractivity contribution in [2.24, 2.45) is 0 Å². The molecule has 0 aromatic heterocycles. The first-order chi connectivity index (χ1) is 8.60. The van der Waals surface area contributed by atoms with Crippen molar-refractivity contribution in [1.29, 1.82) is 0 Å². The lowest BCUT2D eigenvalue weighted by Crippen LogP contribution is -2.53. The fraction of sp³-hybridized carbons (Fsp3) is 0.429. The lowest BCUT2D eigenvalue weighted by atomic mass is 9.88. The molecule has 0 radical (unpaired) electrons. The van der Waals surface area contributed by atoms with E-state index < -0.39 is 11.6 Å². The number of rotatable bonds is 3. The van der Waals surface area contributed by atoms with Crippen LogP contribution < -0.4 is 4.74 Å². The number of carbonyl (C=O) groups excluding carboxylic acids is 2. The van der Waals surface area contributed by atoms with E-state index in [1.165, 1.54) is 6.92 Å². The van der Waals surface area contributed by atoms with Crippen LogP contribution in [0, 0.1) is 0 Å². The minimum atomic E-state index is -1.47. The van der Waals surface area contributed by atoms with E-state index in [-0.39, 0.29) is 12.4 Å². The summed E-state index contributed by atoms with van der Waals surface area (Å²) in [5, 5.41) is 0. The second kappa shape index (κ2) is 4.80. The Morgan fingerprint density at radius 2 is 2.11 bits per heavy atom. The van der Waals surface area contributed by atoms with E-state index in [4.69, 9.17) is 9.47 Å². The Labute approximate surface area is 106 Å². The van der Waals surface area contributed by atoms with Gasteiger partial charge in [0.1, 0.15) is 5.75 Å². The van der Waals surface area contributed by atoms with Gasteiger partial charge in [-0.25, -0.2) is 4.79 Å². The number of carbonyl (C=O) groups is 2. The third-order valence-corrected chi connectivity index (χ3v) is 3.18. The van der Waals surface area contributed by atoms with Crippen molar-refractivity contribution in [3.63, 3.8) is 0 Å². The van der Waals surface area contributed by atoms with Gasteiger partial charge < -0.3 is 9.47 Å². The van der Waals surface area contributed by atoms with Gasteiger partial charge in [0, 0.05) is 6.42 Å². The van der Waals surface area contributed by atoms with Crippen LogP contribution in [0.25, 0.3) is 0 Å². The Morgan fingerprint density at radius 1 is 1.39 bits per heavy atom. The first kappa shape index (κ1) is 12.6. The Kier molecular flexibility index (Phi) is 3.36. The third kappa shape index (κ3) is 1.98. The third-order valence-electron chi connectivity index (χ3n) is 3.18. The minimum absolute atomic E-state index is 0.235. The summed E-state index contributed by atoms with van der Waals surface area (Å²) >= 11 is 0. The van der Waals surface area contributed by atoms with E-state index in [1.807, 2.05) is 18.2 Å². The van der Waals surface area contributed by atoms with E-state index >= 15 is 0 Å². The molecular formula is C14H16O4. The Bertz CT molecular complexity index is 480. The van der Waals surface area contributed by atoms with Gasteiger partial charge in [0.05, 0.1) is 6.61 Å². The smallest absolute Gasteiger partial charge is 0.358 e. The first-order valence-corrected chi connectivity index (χ1v) is 6.05. The first-order valence-electron chi connectivity index (χ1n) is 6.05. The fourth-order valence-corrected chi connectivity index (χ4v) is 2.14. The number of para-hydroxylation sites is 1. The van der Waals surface area contributed by atoms with E-state index in [1.54, 1.807) is 13.0 Å². The monoisotopic (exact) mass is 248 g/mol. The molecule has 0 bridgehead atoms. The molecule has 1 atom stereocenters. The molecular weight excluding hydrogens is 232 g/mol. The van der Waals surface area contributed by atoms with Crippen LogP contribution in [0.3, 0.4) is 0 Å². The zero-order chi connectivity index (χ0) is 13.2. The van der Waals surface area contributed by atoms with Crippen LogP contribution in [0.4, 0.5) is 0 Å². The second-order valence-corrected chi connectivity index (χ2v) is 4.31. The van der Waals surface area contributed by atoms with Gasteiger partial charge in [-0.15, -0.1) is 0 Å². The zero-order valence-electron chi connectivity index (χ0n) is 10.6. The summed E-state index contributed by atoms with van der Waals surface area (Å²) in [4.78, 5) is 23.8. The van der Waals surface area contributed by atoms with Crippen molar-refractivity contribution in [3.8, 4) is 5.75 Å². The predicted octanol–water partition coefficient (Wildman–Crippen LogP) is 1.90. The molecule has 0 saturated heterocycles. The highest BCUT2D eigenvalue weighted by molar-refractivity contribution is 6.06. The highest BCUT2D eigenvalue weighted by Gasteiger charge is 2.49. The number of fused-ring (bicyclic) bond motifs is 1. The van der Waals surface area contributed by atoms with Crippen molar-refractivity contribution in [1.82, 2.24) is 0 Å². The SMILES string of the molecule is CCOC(=O)C1(C(C)=O)CCc2ccccc2O1. The standard InChI is InChI=1S/C14H16O4/c1-3-17-13(16)14(10(2)15)9-8-11-6-4-5-7-12(11)18-14/h4-7H,3,8-9H2,1-2H3. The Hall–Kier alpha value is -1.84. The van der Waals surface area contributed by atoms with Crippen molar-refractivity contribution in [3.05, 3.63) is 29.8 Å². The molecule has 4 heteroatoms. The molecule has 1 aliphatic rings. The van der Waals surface area contributed by atoms with Crippen LogP contribution in [0.15, 0.2) is 24.3 Å². The van der Waals surface area contributed by atoms with Crippen LogP contribution in [0.5, 0.6) is 5.75 Å². The molecule has 0 spiro atoms. The van der Waals surface area contributed by atoms with Gasteiger partial charge in [0.15, 0.2) is 5.78 Å². The number of Topliss-reactive ketones (excluding diaryl/α,β-unsaturated/α-hetero) is 1. The molecule has 18 heavy (non-hydrogen) atoms. The summed E-state index contributed by atoms with van der Waals surface area (Å²) in [6.45, 7) is 3.31. The van der Waals surface area contributed by atoms with Gasteiger partial charge in [-0.3, -0.25) is 4.79 Å². The summed E-state index contributed by atoms with van der Waals surface area (Å²) in [6.07, 6.45) is 0.965. The van der Waals surface area contributed by atoms with Crippen molar-refractivity contribution in [2.75, 3.05) is 6.61 Å². The van der Waals surface area contributed by atoms with Crippen molar-refractivity contribution < 1.29 is 19.1 Å². The van der Waals surface area contributed by atoms with Crippen LogP contribution in [0.2, 0.25) is 0 Å². The number of ketones is 1. The number of hydrogen-bond acceptors (Lipinski definition) is 4. The average molecular weight is 248 g/mol. The molecule has 1 aromatic rings. The largest absolute Gasteiger partial charge is 0.467 e. The highest BCUT2D eigenvalue weighted by Crippen LogP contribution is 2.34. The highest BCUT2D eigenvalue weighted by atomic mass is 16.6. The topological polar surface area (TPSA) is 52.6 Å². The maximum atomic E-state index is 12.0. The maximum Gasteiger partial charge on any atom is 0.358 e. The summed E-state index contributed by atoms with van der Waals surface area (Å²) in [5.41, 5.74) is -0.455. The Morgan fingerprint density at radius 3 is 2.78 bits per heavy atom. The van der Waals surface area contributed by atoms with Crippen LogP contribution >= 0.6 is 0 Å². The lowest BCUT2D eigenvalue weighted by molar-refractivity contribution is -0.168. The second-order valence-electron chi connectivity index (χ2n) is 4.31. The molecule has 0 fully saturated rings. The minimum Gasteiger partial charge on any atom is -0.467 e. The van der Waals surface area contributed by atoms with Gasteiger partial charge >= 0.3 is 5.97 Å². The van der Waals surface area contributed by atoms with Crippen molar-refractivity contribution >= 4 is 11.8 Å². The van der Waals surface area contributed by atoms with Crippen LogP contribution in [-0.2, 0) is 20.7 Å². The zero-order valence-corrected chi connectivity index (χ0v) is 10.6. The number of aryl methyl sites for hydroxylation is 1. The molecule has 2 rings (SSSR count). The van der Waals surface area contributed by atoms with Gasteiger partial charge in [-0.2, -0.15) is 0 Å². The quantitative estimate of drug-likeness (QED) is 0.605. The summed E-state index contributed by atoms with van der Waals surface area (Å²) in [7, 11) is 0. The van der Waals surface area contributed by atoms with Crippen molar-refractivity contribution in [2.45, 2.75) is 32.3 Å². The summed E-state index contributed by atoms with van der Waals surface area (Å²) in [6, 6.07) is 7.43. The fourth-order valence-electron chi connectivity index (χ4n) is 2.14. The molecule has 0 amide bonds. The predicted molar refractivity (Wildman–Crippen MR) is 65.4 cm³/mol. The number of hydrogen-bond donors (Lipinski definition) is 0. The Balaban J connectivity index is 2.36. The van der Waals surface area contributed by atoms with Gasteiger partial charge in [-0.1, -0.05) is 18.2 Å². The number of esters is 1. The van der Waals surface area contributed by atoms with E-state index in [0.717, 1.165) is 5.56 Å². The summed E-state index contributed by atoms with van der Waals surface area (Å²) in [5.74, 6) is -0.311. The van der Waals surface area contributed by atoms with Gasteiger partial charge in [0.2, 0.25) is 0 Å². The van der Waals surface area contributed by atoms with E-state index in [9.17, 15) is 9.59 Å². The molecule has 1 heterocycles. The normalized spacial score (nSPS) is 21.7. The molecule has 0 N–H and O–H groups in total. The number of ether oxygens (including phenoxy) is 2. The molecule has 1 unspecified atom stereocenters. The summed E-state index contributed by atoms with van der Waals surface area (Å²) < 4.78 is 10.6. The van der Waals surface area contributed by atoms with Crippen LogP contribution in [0.1, 0.15) is 25.8 Å². The molecule has 0 saturated carbocycles. The van der Waals surface area contributed by atoms with Gasteiger partial charge in [-0.05, 0) is 31.9 Å². The molecule has 0 aliphatic carbocycles. The van der Waals surface area contributed by atoms with Crippen LogP contribution in [-0.4, -0.2) is 24.0 Å². The van der Waals surface area contributed by atoms with E-state index in [2.05, 4.69) is 0 Å². The maximum absolute atomic E-state index is 12.0. The molecule has 96 valence electrons.